The molecule has 1 saturated heterocycles. The third-order valence-electron chi connectivity index (χ3n) is 5.05. The molecule has 0 spiro atoms. The highest BCUT2D eigenvalue weighted by Gasteiger charge is 2.34. The number of quaternary nitrogens is 1. The van der Waals surface area contributed by atoms with Gasteiger partial charge in [0.1, 0.15) is 11.9 Å². The van der Waals surface area contributed by atoms with E-state index in [0.29, 0.717) is 12.2 Å². The minimum absolute atomic E-state index is 0.116. The molecular weight excluding hydrogens is 391 g/mol. The first-order valence-electron chi connectivity index (χ1n) is 9.60. The number of thiazole rings is 1. The standard InChI is InChI=1S/C21H21FN4O2S/c22-14-7-9-15(10-8-14)24-19(27)12-23-20(28)13-26-11-3-5-17(26)21-25-16-4-1-2-6-18(16)29-21/h1-2,4,6-10,17H,3,5,11-13H2,(H,23,28)(H,24,27)/p+1/t17-/m0/s1. The third-order valence-corrected chi connectivity index (χ3v) is 6.20. The zero-order valence-corrected chi connectivity index (χ0v) is 16.6. The van der Waals surface area contributed by atoms with Crippen molar-refractivity contribution in [3.63, 3.8) is 0 Å². The number of hydrogen-bond donors (Lipinski definition) is 3. The molecule has 3 N–H and O–H groups in total. The van der Waals surface area contributed by atoms with Gasteiger partial charge in [-0.1, -0.05) is 12.1 Å². The number of fused-ring (bicyclic) bond motifs is 1. The van der Waals surface area contributed by atoms with Gasteiger partial charge in [0, 0.05) is 18.5 Å². The summed E-state index contributed by atoms with van der Waals surface area (Å²) in [6.45, 7) is 1.11. The van der Waals surface area contributed by atoms with Gasteiger partial charge in [-0.15, -0.1) is 11.3 Å². The summed E-state index contributed by atoms with van der Waals surface area (Å²) < 4.78 is 14.1. The second kappa shape index (κ2) is 8.67. The number of carbonyl (C=O) groups excluding carboxylic acids is 2. The first-order chi connectivity index (χ1) is 14.1. The van der Waals surface area contributed by atoms with Gasteiger partial charge in [-0.2, -0.15) is 0 Å². The van der Waals surface area contributed by atoms with Crippen LogP contribution in [0, 0.1) is 5.82 Å². The smallest absolute Gasteiger partial charge is 0.275 e. The fourth-order valence-corrected chi connectivity index (χ4v) is 4.81. The van der Waals surface area contributed by atoms with Crippen molar-refractivity contribution in [1.29, 1.82) is 0 Å². The molecule has 3 aromatic rings. The summed E-state index contributed by atoms with van der Waals surface area (Å²) in [5.74, 6) is -0.876. The molecule has 1 aliphatic heterocycles. The number of amides is 2. The van der Waals surface area contributed by atoms with Crippen LogP contribution in [0.3, 0.4) is 0 Å². The zero-order valence-electron chi connectivity index (χ0n) is 15.8. The normalized spacial score (nSPS) is 18.7. The van der Waals surface area contributed by atoms with Crippen molar-refractivity contribution in [1.82, 2.24) is 10.3 Å². The Balaban J connectivity index is 1.30. The van der Waals surface area contributed by atoms with Crippen molar-refractivity contribution < 1.29 is 18.9 Å². The predicted molar refractivity (Wildman–Crippen MR) is 110 cm³/mol. The Morgan fingerprint density at radius 1 is 1.14 bits per heavy atom. The van der Waals surface area contributed by atoms with Gasteiger partial charge in [-0.05, 0) is 36.4 Å². The molecule has 0 aliphatic carbocycles. The molecule has 6 nitrogen and oxygen atoms in total. The number of rotatable bonds is 6. The minimum atomic E-state index is -0.368. The molecule has 29 heavy (non-hydrogen) atoms. The molecule has 2 heterocycles. The molecule has 1 aromatic heterocycles. The maximum atomic E-state index is 12.9. The van der Waals surface area contributed by atoms with E-state index in [-0.39, 0.29) is 30.2 Å². The van der Waals surface area contributed by atoms with Gasteiger partial charge >= 0.3 is 0 Å². The topological polar surface area (TPSA) is 75.5 Å². The molecule has 150 valence electrons. The van der Waals surface area contributed by atoms with Crippen LogP contribution < -0.4 is 15.5 Å². The van der Waals surface area contributed by atoms with E-state index in [1.165, 1.54) is 29.2 Å². The largest absolute Gasteiger partial charge is 0.342 e. The number of likely N-dealkylation sites (tertiary alicyclic amines) is 1. The summed E-state index contributed by atoms with van der Waals surface area (Å²) in [5, 5.41) is 6.38. The number of nitrogens with one attached hydrogen (secondary N) is 3. The van der Waals surface area contributed by atoms with Crippen molar-refractivity contribution in [2.45, 2.75) is 18.9 Å². The van der Waals surface area contributed by atoms with E-state index < -0.39 is 0 Å². The highest BCUT2D eigenvalue weighted by atomic mass is 32.1. The number of para-hydroxylation sites is 1. The Kier molecular flexibility index (Phi) is 5.82. The number of nitrogens with zero attached hydrogens (tertiary/aromatic N) is 1. The first-order valence-corrected chi connectivity index (χ1v) is 10.4. The minimum Gasteiger partial charge on any atom is -0.342 e. The molecule has 1 aliphatic rings. The quantitative estimate of drug-likeness (QED) is 0.578. The molecule has 0 saturated carbocycles. The van der Waals surface area contributed by atoms with Crippen LogP contribution in [0.15, 0.2) is 48.5 Å². The Morgan fingerprint density at radius 3 is 2.72 bits per heavy atom. The lowest BCUT2D eigenvalue weighted by atomic mass is 10.2. The van der Waals surface area contributed by atoms with E-state index >= 15 is 0 Å². The Labute approximate surface area is 171 Å². The number of hydrogen-bond acceptors (Lipinski definition) is 4. The summed E-state index contributed by atoms with van der Waals surface area (Å²) in [6.07, 6.45) is 2.06. The Morgan fingerprint density at radius 2 is 1.93 bits per heavy atom. The SMILES string of the molecule is O=C(C[NH+]1CCC[C@H]1c1nc2ccccc2s1)NCC(=O)Nc1ccc(F)cc1. The monoisotopic (exact) mass is 413 g/mol. The van der Waals surface area contributed by atoms with Crippen LogP contribution in [0.4, 0.5) is 10.1 Å². The zero-order chi connectivity index (χ0) is 20.2. The molecule has 2 amide bonds. The van der Waals surface area contributed by atoms with E-state index in [2.05, 4.69) is 16.7 Å². The van der Waals surface area contributed by atoms with Crippen molar-refractivity contribution in [2.75, 3.05) is 25.0 Å². The molecular formula is C21H22FN4O2S+. The number of anilines is 1. The summed E-state index contributed by atoms with van der Waals surface area (Å²) in [5.41, 5.74) is 1.49. The maximum Gasteiger partial charge on any atom is 0.275 e. The van der Waals surface area contributed by atoms with Crippen LogP contribution in [0.1, 0.15) is 23.9 Å². The summed E-state index contributed by atoms with van der Waals surface area (Å²) in [7, 11) is 0. The van der Waals surface area contributed by atoms with Crippen LogP contribution in [0.5, 0.6) is 0 Å². The molecule has 8 heteroatoms. The van der Waals surface area contributed by atoms with Gasteiger partial charge in [0.15, 0.2) is 11.6 Å². The lowest BCUT2D eigenvalue weighted by Crippen LogP contribution is -3.11. The highest BCUT2D eigenvalue weighted by molar-refractivity contribution is 7.18. The maximum absolute atomic E-state index is 12.9. The molecule has 0 bridgehead atoms. The molecule has 1 fully saturated rings. The number of aromatic nitrogens is 1. The molecule has 2 atom stereocenters. The molecule has 0 radical (unpaired) electrons. The van der Waals surface area contributed by atoms with Crippen molar-refractivity contribution in [3.05, 3.63) is 59.4 Å². The lowest BCUT2D eigenvalue weighted by molar-refractivity contribution is -0.910. The summed E-state index contributed by atoms with van der Waals surface area (Å²) in [6, 6.07) is 13.8. The van der Waals surface area contributed by atoms with Crippen molar-refractivity contribution in [2.24, 2.45) is 0 Å². The first kappa shape index (κ1) is 19.5. The van der Waals surface area contributed by atoms with E-state index in [0.717, 1.165) is 34.6 Å². The van der Waals surface area contributed by atoms with Gasteiger partial charge in [0.05, 0.1) is 23.3 Å². The Hall–Kier alpha value is -2.84. The average molecular weight is 413 g/mol. The van der Waals surface area contributed by atoms with Crippen LogP contribution in [0.25, 0.3) is 10.2 Å². The van der Waals surface area contributed by atoms with E-state index in [1.54, 1.807) is 11.3 Å². The van der Waals surface area contributed by atoms with E-state index in [1.807, 2.05) is 18.2 Å². The van der Waals surface area contributed by atoms with E-state index in [9.17, 15) is 14.0 Å². The fourth-order valence-electron chi connectivity index (χ4n) is 3.65. The number of halogens is 1. The van der Waals surface area contributed by atoms with Gasteiger partial charge in [0.2, 0.25) is 5.91 Å². The second-order valence-corrected chi connectivity index (χ2v) is 8.19. The highest BCUT2D eigenvalue weighted by Crippen LogP contribution is 2.28. The number of carbonyl (C=O) groups is 2. The van der Waals surface area contributed by atoms with Gasteiger partial charge in [-0.3, -0.25) is 9.59 Å². The fraction of sp³-hybridized carbons (Fsp3) is 0.286. The Bertz CT molecular complexity index is 988. The van der Waals surface area contributed by atoms with Gasteiger partial charge < -0.3 is 15.5 Å². The van der Waals surface area contributed by atoms with Crippen LogP contribution in [0.2, 0.25) is 0 Å². The van der Waals surface area contributed by atoms with E-state index in [4.69, 9.17) is 4.98 Å². The molecule has 2 aromatic carbocycles. The summed E-state index contributed by atoms with van der Waals surface area (Å²) >= 11 is 1.69. The number of benzene rings is 2. The third kappa shape index (κ3) is 4.78. The van der Waals surface area contributed by atoms with Gasteiger partial charge in [-0.25, -0.2) is 9.37 Å². The molecule has 1 unspecified atom stereocenters. The summed E-state index contributed by atoms with van der Waals surface area (Å²) in [4.78, 5) is 30.3. The second-order valence-electron chi connectivity index (χ2n) is 7.13. The molecule has 4 rings (SSSR count). The average Bonchev–Trinajstić information content (AvgIpc) is 3.34. The van der Waals surface area contributed by atoms with Crippen LogP contribution in [-0.2, 0) is 9.59 Å². The van der Waals surface area contributed by atoms with Gasteiger partial charge in [0.25, 0.3) is 5.91 Å². The predicted octanol–water partition coefficient (Wildman–Crippen LogP) is 1.91. The lowest BCUT2D eigenvalue weighted by Gasteiger charge is -2.19. The van der Waals surface area contributed by atoms with Crippen molar-refractivity contribution in [3.8, 4) is 0 Å². The van der Waals surface area contributed by atoms with Crippen molar-refractivity contribution >= 4 is 39.1 Å². The van der Waals surface area contributed by atoms with Crippen LogP contribution >= 0.6 is 11.3 Å². The van der Waals surface area contributed by atoms with Crippen LogP contribution in [-0.4, -0.2) is 36.4 Å².